The fourth-order valence-electron chi connectivity index (χ4n) is 2.87. The third-order valence-electron chi connectivity index (χ3n) is 4.11. The first kappa shape index (κ1) is 17.9. The van der Waals surface area contributed by atoms with Crippen molar-refractivity contribution >= 4 is 21.6 Å². The summed E-state index contributed by atoms with van der Waals surface area (Å²) < 4.78 is 24.4. The van der Waals surface area contributed by atoms with E-state index in [0.29, 0.717) is 13.1 Å². The minimum Gasteiger partial charge on any atom is -0.325 e. The van der Waals surface area contributed by atoms with Crippen molar-refractivity contribution in [3.63, 3.8) is 0 Å². The molecule has 1 aromatic carbocycles. The highest BCUT2D eigenvalue weighted by molar-refractivity contribution is 7.88. The Bertz CT molecular complexity index is 619. The second-order valence-corrected chi connectivity index (χ2v) is 8.29. The number of carbonyl (C=O) groups is 1. The maximum absolute atomic E-state index is 12.1. The van der Waals surface area contributed by atoms with E-state index in [9.17, 15) is 13.2 Å². The first-order valence-electron chi connectivity index (χ1n) is 7.83. The fraction of sp³-hybridized carbons (Fsp3) is 0.562. The van der Waals surface area contributed by atoms with Gasteiger partial charge in [-0.05, 0) is 37.4 Å². The molecule has 6 nitrogen and oxygen atoms in total. The van der Waals surface area contributed by atoms with Crippen molar-refractivity contribution in [1.29, 1.82) is 0 Å². The van der Waals surface area contributed by atoms with Crippen molar-refractivity contribution in [2.45, 2.75) is 12.8 Å². The van der Waals surface area contributed by atoms with E-state index < -0.39 is 10.0 Å². The number of piperidine rings is 1. The van der Waals surface area contributed by atoms with E-state index in [1.54, 1.807) is 7.05 Å². The van der Waals surface area contributed by atoms with Gasteiger partial charge in [0.25, 0.3) is 0 Å². The lowest BCUT2D eigenvalue weighted by atomic mass is 9.98. The Morgan fingerprint density at radius 3 is 2.70 bits per heavy atom. The Morgan fingerprint density at radius 2 is 2.04 bits per heavy atom. The van der Waals surface area contributed by atoms with Crippen molar-refractivity contribution < 1.29 is 13.2 Å². The van der Waals surface area contributed by atoms with Crippen LogP contribution in [0, 0.1) is 5.92 Å². The van der Waals surface area contributed by atoms with Gasteiger partial charge in [-0.15, -0.1) is 0 Å². The lowest BCUT2D eigenvalue weighted by molar-refractivity contribution is -0.117. The molecule has 1 heterocycles. The third kappa shape index (κ3) is 5.93. The van der Waals surface area contributed by atoms with Gasteiger partial charge in [-0.3, -0.25) is 9.69 Å². The normalized spacial score (nSPS) is 19.7. The number of benzene rings is 1. The highest BCUT2D eigenvalue weighted by Crippen LogP contribution is 2.18. The van der Waals surface area contributed by atoms with Gasteiger partial charge >= 0.3 is 0 Å². The van der Waals surface area contributed by atoms with E-state index in [1.807, 2.05) is 30.3 Å². The van der Waals surface area contributed by atoms with Crippen molar-refractivity contribution in [1.82, 2.24) is 9.21 Å². The summed E-state index contributed by atoms with van der Waals surface area (Å²) in [6.45, 7) is 2.48. The van der Waals surface area contributed by atoms with E-state index in [1.165, 1.54) is 10.6 Å². The molecule has 0 saturated carbocycles. The molecule has 2 rings (SSSR count). The Labute approximate surface area is 138 Å². The number of para-hydroxylation sites is 1. The second kappa shape index (κ2) is 7.90. The van der Waals surface area contributed by atoms with Crippen LogP contribution >= 0.6 is 0 Å². The second-order valence-electron chi connectivity index (χ2n) is 6.20. The predicted octanol–water partition coefficient (Wildman–Crippen LogP) is 1.23. The molecule has 0 bridgehead atoms. The van der Waals surface area contributed by atoms with Gasteiger partial charge < -0.3 is 5.32 Å². The number of hydrogen-bond acceptors (Lipinski definition) is 4. The minimum atomic E-state index is -3.15. The lowest BCUT2D eigenvalue weighted by Gasteiger charge is -2.33. The van der Waals surface area contributed by atoms with Gasteiger partial charge in [-0.1, -0.05) is 18.2 Å². The molecule has 1 saturated heterocycles. The molecule has 0 aromatic heterocycles. The topological polar surface area (TPSA) is 69.7 Å². The maximum Gasteiger partial charge on any atom is 0.238 e. The average Bonchev–Trinajstić information content (AvgIpc) is 2.47. The van der Waals surface area contributed by atoms with Crippen molar-refractivity contribution in [3.8, 4) is 0 Å². The highest BCUT2D eigenvalue weighted by atomic mass is 32.2. The van der Waals surface area contributed by atoms with Crippen LogP contribution in [0.25, 0.3) is 0 Å². The van der Waals surface area contributed by atoms with Crippen molar-refractivity contribution in [2.24, 2.45) is 5.92 Å². The molecule has 1 aromatic rings. The summed E-state index contributed by atoms with van der Waals surface area (Å²) in [7, 11) is -1.54. The average molecular weight is 339 g/mol. The summed E-state index contributed by atoms with van der Waals surface area (Å²) in [5.74, 6) is 0.237. The quantitative estimate of drug-likeness (QED) is 0.846. The van der Waals surface area contributed by atoms with Crippen LogP contribution in [0.2, 0.25) is 0 Å². The molecule has 1 aliphatic rings. The molecule has 128 valence electrons. The Balaban J connectivity index is 1.83. The Morgan fingerprint density at radius 1 is 1.35 bits per heavy atom. The number of carbonyl (C=O) groups excluding carboxylic acids is 1. The van der Waals surface area contributed by atoms with Crippen LogP contribution < -0.4 is 5.32 Å². The Kier molecular flexibility index (Phi) is 6.15. The number of amides is 1. The zero-order valence-electron chi connectivity index (χ0n) is 13.7. The molecule has 1 unspecified atom stereocenters. The summed E-state index contributed by atoms with van der Waals surface area (Å²) in [5.41, 5.74) is 0.794. The van der Waals surface area contributed by atoms with E-state index >= 15 is 0 Å². The van der Waals surface area contributed by atoms with E-state index in [-0.39, 0.29) is 11.8 Å². The van der Waals surface area contributed by atoms with Crippen LogP contribution in [-0.4, -0.2) is 63.0 Å². The summed E-state index contributed by atoms with van der Waals surface area (Å²) in [5, 5.41) is 2.88. The molecule has 1 N–H and O–H groups in total. The summed E-state index contributed by atoms with van der Waals surface area (Å²) >= 11 is 0. The smallest absolute Gasteiger partial charge is 0.238 e. The zero-order chi connectivity index (χ0) is 16.9. The molecule has 0 spiro atoms. The van der Waals surface area contributed by atoms with Gasteiger partial charge in [0.2, 0.25) is 15.9 Å². The molecule has 1 fully saturated rings. The summed E-state index contributed by atoms with van der Waals surface area (Å²) in [4.78, 5) is 14.2. The molecular weight excluding hydrogens is 314 g/mol. The van der Waals surface area contributed by atoms with Crippen LogP contribution in [0.1, 0.15) is 12.8 Å². The van der Waals surface area contributed by atoms with Gasteiger partial charge in [-0.25, -0.2) is 12.7 Å². The number of nitrogens with one attached hydrogen (secondary N) is 1. The van der Waals surface area contributed by atoms with Gasteiger partial charge in [0.15, 0.2) is 0 Å². The van der Waals surface area contributed by atoms with Crippen molar-refractivity contribution in [2.75, 3.05) is 44.8 Å². The van der Waals surface area contributed by atoms with Gasteiger partial charge in [0, 0.05) is 25.8 Å². The summed E-state index contributed by atoms with van der Waals surface area (Å²) in [6.07, 6.45) is 3.21. The maximum atomic E-state index is 12.1. The van der Waals surface area contributed by atoms with Crippen LogP contribution in [0.4, 0.5) is 5.69 Å². The van der Waals surface area contributed by atoms with Crippen LogP contribution in [-0.2, 0) is 14.8 Å². The SMILES string of the molecule is CN(CC1CCCN(CC(=O)Nc2ccccc2)C1)S(C)(=O)=O. The van der Waals surface area contributed by atoms with Crippen molar-refractivity contribution in [3.05, 3.63) is 30.3 Å². The molecule has 23 heavy (non-hydrogen) atoms. The molecule has 0 radical (unpaired) electrons. The van der Waals surface area contributed by atoms with Crippen LogP contribution in [0.3, 0.4) is 0 Å². The number of likely N-dealkylation sites (tertiary alicyclic amines) is 1. The molecule has 1 atom stereocenters. The van der Waals surface area contributed by atoms with Gasteiger partial charge in [0.05, 0.1) is 12.8 Å². The number of anilines is 1. The molecule has 0 aliphatic carbocycles. The zero-order valence-corrected chi connectivity index (χ0v) is 14.6. The highest BCUT2D eigenvalue weighted by Gasteiger charge is 2.24. The number of nitrogens with zero attached hydrogens (tertiary/aromatic N) is 2. The largest absolute Gasteiger partial charge is 0.325 e. The predicted molar refractivity (Wildman–Crippen MR) is 91.7 cm³/mol. The molecule has 7 heteroatoms. The van der Waals surface area contributed by atoms with Gasteiger partial charge in [-0.2, -0.15) is 0 Å². The minimum absolute atomic E-state index is 0.0340. The summed E-state index contributed by atoms with van der Waals surface area (Å²) in [6, 6.07) is 9.39. The lowest BCUT2D eigenvalue weighted by Crippen LogP contribution is -2.44. The van der Waals surface area contributed by atoms with E-state index in [0.717, 1.165) is 31.6 Å². The van der Waals surface area contributed by atoms with Gasteiger partial charge in [0.1, 0.15) is 0 Å². The monoisotopic (exact) mass is 339 g/mol. The fourth-order valence-corrected chi connectivity index (χ4v) is 3.35. The first-order valence-corrected chi connectivity index (χ1v) is 9.68. The van der Waals surface area contributed by atoms with E-state index in [2.05, 4.69) is 10.2 Å². The van der Waals surface area contributed by atoms with Crippen LogP contribution in [0.15, 0.2) is 30.3 Å². The number of hydrogen-bond donors (Lipinski definition) is 1. The Hall–Kier alpha value is -1.44. The first-order chi connectivity index (χ1) is 10.8. The number of sulfonamides is 1. The molecular formula is C16H25N3O3S. The van der Waals surface area contributed by atoms with Crippen LogP contribution in [0.5, 0.6) is 0 Å². The molecule has 1 aliphatic heterocycles. The standard InChI is InChI=1S/C16H25N3O3S/c1-18(23(2,21)22)11-14-7-6-10-19(12-14)13-16(20)17-15-8-4-3-5-9-15/h3-5,8-9,14H,6-7,10-13H2,1-2H3,(H,17,20). The molecule has 1 amide bonds. The van der Waals surface area contributed by atoms with E-state index in [4.69, 9.17) is 0 Å². The third-order valence-corrected chi connectivity index (χ3v) is 5.39. The number of rotatable bonds is 6.